The number of nitrogens with two attached hydrogens (primary N) is 2. The molecule has 0 heterocycles. The van der Waals surface area contributed by atoms with Gasteiger partial charge in [-0.25, -0.2) is 0 Å². The lowest BCUT2D eigenvalue weighted by molar-refractivity contribution is 0.228. The molecular weight excluding hydrogens is 286 g/mol. The van der Waals surface area contributed by atoms with E-state index in [4.69, 9.17) is 11.5 Å². The van der Waals surface area contributed by atoms with Gasteiger partial charge in [0.15, 0.2) is 0 Å². The zero-order valence-corrected chi connectivity index (χ0v) is 16.3. The van der Waals surface area contributed by atoms with E-state index < -0.39 is 0 Å². The lowest BCUT2D eigenvalue weighted by Gasteiger charge is -2.36. The SMILES string of the molecule is CCC(/C=N/N=C(\N)N(CC)[C@@H](CC(C)C)CC(C)(C)N)CC. The normalized spacial score (nSPS) is 15.0. The van der Waals surface area contributed by atoms with Crippen LogP contribution in [-0.2, 0) is 0 Å². The minimum absolute atomic E-state index is 0.230. The fourth-order valence-electron chi connectivity index (χ4n) is 2.82. The Balaban J connectivity index is 5.14. The van der Waals surface area contributed by atoms with Crippen LogP contribution in [0.15, 0.2) is 10.2 Å². The van der Waals surface area contributed by atoms with Gasteiger partial charge in [0, 0.05) is 24.3 Å². The Bertz CT molecular complexity index is 364. The first-order valence-corrected chi connectivity index (χ1v) is 9.06. The third kappa shape index (κ3) is 9.59. The molecule has 0 bridgehead atoms. The molecule has 0 aromatic carbocycles. The standard InChI is InChI=1S/C18H39N5/c1-8-15(9-2)13-21-22-17(19)23(10-3)16(11-14(4)5)12-18(6,7)20/h13-16H,8-12,20H2,1-7H3,(H2,19,22)/b21-13+/t16-/m0/s1. The molecule has 0 radical (unpaired) electrons. The number of guanidine groups is 1. The quantitative estimate of drug-likeness (QED) is 0.366. The van der Waals surface area contributed by atoms with E-state index in [2.05, 4.69) is 63.6 Å². The van der Waals surface area contributed by atoms with Crippen LogP contribution in [0.2, 0.25) is 0 Å². The first-order chi connectivity index (χ1) is 10.6. The summed E-state index contributed by atoms with van der Waals surface area (Å²) in [5.41, 5.74) is 12.2. The third-order valence-electron chi connectivity index (χ3n) is 4.07. The Labute approximate surface area is 143 Å². The summed E-state index contributed by atoms with van der Waals surface area (Å²) in [6, 6.07) is 0.284. The van der Waals surface area contributed by atoms with E-state index in [1.807, 2.05) is 6.21 Å². The van der Waals surface area contributed by atoms with E-state index in [1.165, 1.54) is 0 Å². The Kier molecular flexibility index (Phi) is 10.1. The summed E-state index contributed by atoms with van der Waals surface area (Å²) in [5.74, 6) is 1.54. The zero-order chi connectivity index (χ0) is 18.0. The number of hydrogen-bond acceptors (Lipinski definition) is 3. The van der Waals surface area contributed by atoms with Crippen LogP contribution >= 0.6 is 0 Å². The molecule has 0 fully saturated rings. The van der Waals surface area contributed by atoms with Gasteiger partial charge in [-0.3, -0.25) is 0 Å². The van der Waals surface area contributed by atoms with Crippen LogP contribution in [0.5, 0.6) is 0 Å². The summed E-state index contributed by atoms with van der Waals surface area (Å²) in [6.45, 7) is 15.8. The van der Waals surface area contributed by atoms with Crippen LogP contribution in [0.1, 0.15) is 74.1 Å². The Morgan fingerprint density at radius 1 is 1.17 bits per heavy atom. The first kappa shape index (κ1) is 21.9. The molecule has 0 rings (SSSR count). The van der Waals surface area contributed by atoms with Crippen LogP contribution in [-0.4, -0.2) is 35.2 Å². The topological polar surface area (TPSA) is 80.0 Å². The van der Waals surface area contributed by atoms with E-state index in [0.29, 0.717) is 17.8 Å². The van der Waals surface area contributed by atoms with Gasteiger partial charge in [-0.15, -0.1) is 5.10 Å². The smallest absolute Gasteiger partial charge is 0.216 e. The maximum atomic E-state index is 6.24. The molecule has 0 aromatic rings. The van der Waals surface area contributed by atoms with Gasteiger partial charge in [0.05, 0.1) is 0 Å². The van der Waals surface area contributed by atoms with Crippen molar-refractivity contribution in [2.75, 3.05) is 6.54 Å². The average molecular weight is 326 g/mol. The molecule has 23 heavy (non-hydrogen) atoms. The van der Waals surface area contributed by atoms with E-state index in [0.717, 1.165) is 32.2 Å². The molecule has 0 unspecified atom stereocenters. The number of nitrogens with zero attached hydrogens (tertiary/aromatic N) is 3. The van der Waals surface area contributed by atoms with Crippen LogP contribution in [0, 0.1) is 11.8 Å². The van der Waals surface area contributed by atoms with Crippen molar-refractivity contribution < 1.29 is 0 Å². The Hall–Kier alpha value is -1.10. The van der Waals surface area contributed by atoms with Gasteiger partial charge in [0.2, 0.25) is 5.96 Å². The van der Waals surface area contributed by atoms with Crippen molar-refractivity contribution in [2.45, 2.75) is 85.7 Å². The molecule has 0 aliphatic carbocycles. The predicted octanol–water partition coefficient (Wildman–Crippen LogP) is 3.59. The lowest BCUT2D eigenvalue weighted by atomic mass is 9.90. The van der Waals surface area contributed by atoms with E-state index in [-0.39, 0.29) is 11.6 Å². The molecule has 1 atom stereocenters. The molecule has 0 saturated carbocycles. The highest BCUT2D eigenvalue weighted by Gasteiger charge is 2.26. The second-order valence-corrected chi connectivity index (χ2v) is 7.56. The highest BCUT2D eigenvalue weighted by atomic mass is 15.4. The maximum absolute atomic E-state index is 6.24. The van der Waals surface area contributed by atoms with Gasteiger partial charge in [-0.05, 0) is 58.3 Å². The molecule has 0 amide bonds. The van der Waals surface area contributed by atoms with E-state index in [1.54, 1.807) is 0 Å². The monoisotopic (exact) mass is 325 g/mol. The third-order valence-corrected chi connectivity index (χ3v) is 4.07. The summed E-state index contributed by atoms with van der Waals surface area (Å²) in [5, 5.41) is 8.44. The largest absolute Gasteiger partial charge is 0.368 e. The molecule has 0 aliphatic rings. The van der Waals surface area contributed by atoms with Crippen molar-refractivity contribution >= 4 is 12.2 Å². The highest BCUT2D eigenvalue weighted by Crippen LogP contribution is 2.20. The fourth-order valence-corrected chi connectivity index (χ4v) is 2.82. The maximum Gasteiger partial charge on any atom is 0.216 e. The second kappa shape index (κ2) is 10.6. The van der Waals surface area contributed by atoms with Gasteiger partial charge in [0.1, 0.15) is 0 Å². The molecule has 0 saturated heterocycles. The van der Waals surface area contributed by atoms with Gasteiger partial charge >= 0.3 is 0 Å². The second-order valence-electron chi connectivity index (χ2n) is 7.56. The van der Waals surface area contributed by atoms with Crippen LogP contribution in [0.25, 0.3) is 0 Å². The molecule has 0 aromatic heterocycles. The summed E-state index contributed by atoms with van der Waals surface area (Å²) >= 11 is 0. The van der Waals surface area contributed by atoms with Crippen LogP contribution in [0.4, 0.5) is 0 Å². The predicted molar refractivity (Wildman–Crippen MR) is 103 cm³/mol. The lowest BCUT2D eigenvalue weighted by Crippen LogP contribution is -2.49. The highest BCUT2D eigenvalue weighted by molar-refractivity contribution is 5.79. The summed E-state index contributed by atoms with van der Waals surface area (Å²) in [7, 11) is 0. The summed E-state index contributed by atoms with van der Waals surface area (Å²) < 4.78 is 0. The van der Waals surface area contributed by atoms with Crippen LogP contribution < -0.4 is 11.5 Å². The molecule has 5 heteroatoms. The minimum atomic E-state index is -0.230. The summed E-state index contributed by atoms with van der Waals surface area (Å²) in [4.78, 5) is 2.14. The van der Waals surface area contributed by atoms with Crippen molar-refractivity contribution in [3.63, 3.8) is 0 Å². The van der Waals surface area contributed by atoms with Crippen molar-refractivity contribution in [3.05, 3.63) is 0 Å². The van der Waals surface area contributed by atoms with Crippen molar-refractivity contribution in [1.82, 2.24) is 4.90 Å². The van der Waals surface area contributed by atoms with E-state index >= 15 is 0 Å². The molecule has 5 nitrogen and oxygen atoms in total. The fraction of sp³-hybridized carbons (Fsp3) is 0.889. The summed E-state index contributed by atoms with van der Waals surface area (Å²) in [6.07, 6.45) is 5.98. The van der Waals surface area contributed by atoms with Gasteiger partial charge in [0.25, 0.3) is 0 Å². The van der Waals surface area contributed by atoms with E-state index in [9.17, 15) is 0 Å². The van der Waals surface area contributed by atoms with Gasteiger partial charge in [-0.2, -0.15) is 5.10 Å². The number of hydrogen-bond donors (Lipinski definition) is 2. The Morgan fingerprint density at radius 3 is 2.13 bits per heavy atom. The minimum Gasteiger partial charge on any atom is -0.368 e. The molecule has 136 valence electrons. The average Bonchev–Trinajstić information content (AvgIpc) is 2.42. The molecule has 0 aliphatic heterocycles. The number of rotatable bonds is 10. The Morgan fingerprint density at radius 2 is 1.74 bits per heavy atom. The van der Waals surface area contributed by atoms with Gasteiger partial charge in [-0.1, -0.05) is 27.7 Å². The van der Waals surface area contributed by atoms with Gasteiger partial charge < -0.3 is 16.4 Å². The van der Waals surface area contributed by atoms with Crippen molar-refractivity contribution in [3.8, 4) is 0 Å². The molecule has 0 spiro atoms. The van der Waals surface area contributed by atoms with Crippen molar-refractivity contribution in [2.24, 2.45) is 33.5 Å². The molecular formula is C18H39N5. The zero-order valence-electron chi connectivity index (χ0n) is 16.3. The first-order valence-electron chi connectivity index (χ1n) is 9.06. The van der Waals surface area contributed by atoms with Crippen molar-refractivity contribution in [1.29, 1.82) is 0 Å². The molecule has 4 N–H and O–H groups in total. The van der Waals surface area contributed by atoms with Crippen LogP contribution in [0.3, 0.4) is 0 Å².